The number of halogens is 3. The Bertz CT molecular complexity index is 603. The molecular formula is C13H8Br3NO2. The Morgan fingerprint density at radius 1 is 1.05 bits per heavy atom. The quantitative estimate of drug-likeness (QED) is 0.682. The molecule has 19 heavy (non-hydrogen) atoms. The van der Waals surface area contributed by atoms with Crippen molar-refractivity contribution >= 4 is 59.4 Å². The fraction of sp³-hybridized carbons (Fsp3) is 0. The van der Waals surface area contributed by atoms with Gasteiger partial charge < -0.3 is 10.4 Å². The van der Waals surface area contributed by atoms with E-state index >= 15 is 0 Å². The van der Waals surface area contributed by atoms with Gasteiger partial charge in [0.25, 0.3) is 5.91 Å². The Balaban J connectivity index is 2.31. The fourth-order valence-corrected chi connectivity index (χ4v) is 3.39. The van der Waals surface area contributed by atoms with Gasteiger partial charge in [-0.1, -0.05) is 37.9 Å². The van der Waals surface area contributed by atoms with E-state index in [0.29, 0.717) is 10.2 Å². The molecule has 0 spiro atoms. The summed E-state index contributed by atoms with van der Waals surface area (Å²) in [6.07, 6.45) is 0. The second kappa shape index (κ2) is 6.07. The molecule has 0 aromatic heterocycles. The van der Waals surface area contributed by atoms with Crippen molar-refractivity contribution in [3.63, 3.8) is 0 Å². The van der Waals surface area contributed by atoms with Gasteiger partial charge in [-0.3, -0.25) is 4.79 Å². The Morgan fingerprint density at radius 2 is 1.68 bits per heavy atom. The van der Waals surface area contributed by atoms with E-state index in [1.54, 1.807) is 24.3 Å². The number of nitrogens with one attached hydrogen (secondary N) is 1. The zero-order chi connectivity index (χ0) is 14.0. The summed E-state index contributed by atoms with van der Waals surface area (Å²) in [6, 6.07) is 10.2. The van der Waals surface area contributed by atoms with Crippen LogP contribution < -0.4 is 5.32 Å². The van der Waals surface area contributed by atoms with Crippen molar-refractivity contribution in [2.75, 3.05) is 5.32 Å². The van der Waals surface area contributed by atoms with Crippen LogP contribution in [0.2, 0.25) is 0 Å². The van der Waals surface area contributed by atoms with Crippen LogP contribution in [0.1, 0.15) is 10.4 Å². The third-order valence-corrected chi connectivity index (χ3v) is 3.92. The average Bonchev–Trinajstić information content (AvgIpc) is 2.26. The van der Waals surface area contributed by atoms with Gasteiger partial charge in [-0.2, -0.15) is 0 Å². The normalized spacial score (nSPS) is 10.3. The average molecular weight is 450 g/mol. The van der Waals surface area contributed by atoms with Crippen molar-refractivity contribution in [3.8, 4) is 5.75 Å². The van der Waals surface area contributed by atoms with Crippen molar-refractivity contribution in [2.45, 2.75) is 0 Å². The summed E-state index contributed by atoms with van der Waals surface area (Å²) in [5, 5.41) is 12.5. The molecule has 2 aromatic rings. The second-order valence-corrected chi connectivity index (χ2v) is 6.43. The van der Waals surface area contributed by atoms with Gasteiger partial charge in [-0.05, 0) is 46.3 Å². The standard InChI is InChI=1S/C13H8Br3NO2/c14-7-4-8(15)6-9(5-7)17-13(19)12-10(16)2-1-3-11(12)18/h1-6,18H,(H,17,19). The highest BCUT2D eigenvalue weighted by Gasteiger charge is 2.15. The first kappa shape index (κ1) is 14.6. The van der Waals surface area contributed by atoms with Crippen molar-refractivity contribution < 1.29 is 9.90 Å². The number of aromatic hydroxyl groups is 1. The van der Waals surface area contributed by atoms with E-state index in [-0.39, 0.29) is 17.2 Å². The van der Waals surface area contributed by atoms with Crippen molar-refractivity contribution in [3.05, 3.63) is 55.4 Å². The van der Waals surface area contributed by atoms with Crippen LogP contribution in [0.3, 0.4) is 0 Å². The van der Waals surface area contributed by atoms with Crippen molar-refractivity contribution in [1.82, 2.24) is 0 Å². The smallest absolute Gasteiger partial charge is 0.260 e. The molecule has 3 nitrogen and oxygen atoms in total. The Kier molecular flexibility index (Phi) is 4.65. The third kappa shape index (κ3) is 3.58. The highest BCUT2D eigenvalue weighted by Crippen LogP contribution is 2.28. The zero-order valence-electron chi connectivity index (χ0n) is 9.45. The number of phenols is 1. The molecule has 6 heteroatoms. The van der Waals surface area contributed by atoms with Gasteiger partial charge in [0.15, 0.2) is 0 Å². The maximum atomic E-state index is 12.1. The Hall–Kier alpha value is -0.850. The lowest BCUT2D eigenvalue weighted by atomic mass is 10.2. The summed E-state index contributed by atoms with van der Waals surface area (Å²) in [5.41, 5.74) is 0.833. The predicted molar refractivity (Wildman–Crippen MR) is 85.6 cm³/mol. The molecule has 98 valence electrons. The third-order valence-electron chi connectivity index (χ3n) is 2.34. The van der Waals surface area contributed by atoms with Crippen LogP contribution in [0, 0.1) is 0 Å². The predicted octanol–water partition coefficient (Wildman–Crippen LogP) is 4.93. The first-order chi connectivity index (χ1) is 8.97. The van der Waals surface area contributed by atoms with Crippen LogP contribution >= 0.6 is 47.8 Å². The molecule has 0 radical (unpaired) electrons. The molecule has 0 atom stereocenters. The SMILES string of the molecule is O=C(Nc1cc(Br)cc(Br)c1)c1c(O)cccc1Br. The molecule has 0 heterocycles. The molecule has 1 amide bonds. The highest BCUT2D eigenvalue weighted by molar-refractivity contribution is 9.11. The van der Waals surface area contributed by atoms with E-state index in [4.69, 9.17) is 0 Å². The minimum absolute atomic E-state index is 0.0686. The molecule has 0 bridgehead atoms. The van der Waals surface area contributed by atoms with Gasteiger partial charge in [-0.15, -0.1) is 0 Å². The number of benzene rings is 2. The van der Waals surface area contributed by atoms with E-state index < -0.39 is 0 Å². The van der Waals surface area contributed by atoms with Crippen molar-refractivity contribution in [1.29, 1.82) is 0 Å². The minimum atomic E-state index is -0.380. The number of hydrogen-bond donors (Lipinski definition) is 2. The van der Waals surface area contributed by atoms with Crippen LogP contribution in [0.25, 0.3) is 0 Å². The van der Waals surface area contributed by atoms with Crippen LogP contribution in [0.4, 0.5) is 5.69 Å². The van der Waals surface area contributed by atoms with Gasteiger partial charge in [0.1, 0.15) is 5.75 Å². The summed E-state index contributed by atoms with van der Waals surface area (Å²) in [6.45, 7) is 0. The molecule has 0 saturated carbocycles. The molecule has 0 fully saturated rings. The topological polar surface area (TPSA) is 49.3 Å². The van der Waals surface area contributed by atoms with Crippen LogP contribution in [-0.4, -0.2) is 11.0 Å². The number of hydrogen-bond acceptors (Lipinski definition) is 2. The van der Waals surface area contributed by atoms with E-state index in [2.05, 4.69) is 53.1 Å². The largest absolute Gasteiger partial charge is 0.507 e. The lowest BCUT2D eigenvalue weighted by Gasteiger charge is -2.09. The number of carbonyl (C=O) groups is 1. The van der Waals surface area contributed by atoms with E-state index in [1.165, 1.54) is 6.07 Å². The van der Waals surface area contributed by atoms with Crippen LogP contribution in [-0.2, 0) is 0 Å². The molecule has 0 aliphatic carbocycles. The maximum absolute atomic E-state index is 12.1. The van der Waals surface area contributed by atoms with Gasteiger partial charge in [-0.25, -0.2) is 0 Å². The zero-order valence-corrected chi connectivity index (χ0v) is 14.2. The van der Waals surface area contributed by atoms with E-state index in [1.807, 2.05) is 6.07 Å². The van der Waals surface area contributed by atoms with E-state index in [9.17, 15) is 9.90 Å². The molecule has 0 aliphatic heterocycles. The van der Waals surface area contributed by atoms with Crippen LogP contribution in [0.5, 0.6) is 5.75 Å². The molecule has 0 unspecified atom stereocenters. The Morgan fingerprint density at radius 3 is 2.26 bits per heavy atom. The van der Waals surface area contributed by atoms with Gasteiger partial charge in [0.2, 0.25) is 0 Å². The summed E-state index contributed by atoms with van der Waals surface area (Å²) in [5.74, 6) is -0.448. The molecule has 2 rings (SSSR count). The van der Waals surface area contributed by atoms with Gasteiger partial charge in [0.05, 0.1) is 5.56 Å². The molecule has 0 saturated heterocycles. The van der Waals surface area contributed by atoms with Gasteiger partial charge >= 0.3 is 0 Å². The summed E-state index contributed by atoms with van der Waals surface area (Å²) in [4.78, 5) is 12.1. The first-order valence-electron chi connectivity index (χ1n) is 5.22. The minimum Gasteiger partial charge on any atom is -0.507 e. The summed E-state index contributed by atoms with van der Waals surface area (Å²) in [7, 11) is 0. The van der Waals surface area contributed by atoms with Gasteiger partial charge in [0, 0.05) is 19.1 Å². The number of anilines is 1. The highest BCUT2D eigenvalue weighted by atomic mass is 79.9. The number of rotatable bonds is 2. The van der Waals surface area contributed by atoms with E-state index in [0.717, 1.165) is 8.95 Å². The van der Waals surface area contributed by atoms with Crippen molar-refractivity contribution in [2.24, 2.45) is 0 Å². The maximum Gasteiger partial charge on any atom is 0.260 e. The number of phenolic OH excluding ortho intramolecular Hbond substituents is 1. The summed E-state index contributed by atoms with van der Waals surface area (Å²) < 4.78 is 2.22. The van der Waals surface area contributed by atoms with Crippen LogP contribution in [0.15, 0.2) is 49.8 Å². The lowest BCUT2D eigenvalue weighted by Crippen LogP contribution is -2.12. The second-order valence-electron chi connectivity index (χ2n) is 3.75. The number of carbonyl (C=O) groups excluding carboxylic acids is 1. The monoisotopic (exact) mass is 447 g/mol. The number of amides is 1. The molecule has 0 aliphatic rings. The lowest BCUT2D eigenvalue weighted by molar-refractivity contribution is 0.102. The fourth-order valence-electron chi connectivity index (χ4n) is 1.56. The molecule has 2 aromatic carbocycles. The molecule has 2 N–H and O–H groups in total. The first-order valence-corrected chi connectivity index (χ1v) is 7.60. The molecular weight excluding hydrogens is 442 g/mol. The Labute approximate surface area is 135 Å². The summed E-state index contributed by atoms with van der Waals surface area (Å²) >= 11 is 9.95.